The van der Waals surface area contributed by atoms with Gasteiger partial charge in [0.05, 0.1) is 0 Å². The third-order valence-electron chi connectivity index (χ3n) is 0.938. The van der Waals surface area contributed by atoms with E-state index in [2.05, 4.69) is 16.8 Å². The Bertz CT molecular complexity index is 250. The van der Waals surface area contributed by atoms with Crippen LogP contribution in [0.4, 0.5) is 0 Å². The molecule has 1 nitrogen and oxygen atoms in total. The molecule has 1 aromatic rings. The fourth-order valence-corrected chi connectivity index (χ4v) is 4.33. The molecule has 0 saturated heterocycles. The van der Waals surface area contributed by atoms with Crippen LogP contribution in [0.2, 0.25) is 0 Å². The summed E-state index contributed by atoms with van der Waals surface area (Å²) < 4.78 is 2.41. The fourth-order valence-electron chi connectivity index (χ4n) is 0.566. The molecule has 0 atom stereocenters. The van der Waals surface area contributed by atoms with Gasteiger partial charge in [-0.25, -0.2) is 0 Å². The van der Waals surface area contributed by atoms with Crippen LogP contribution in [0.3, 0.4) is 0 Å². The summed E-state index contributed by atoms with van der Waals surface area (Å²) in [6, 6.07) is 0. The molecule has 0 saturated carbocycles. The third-order valence-corrected chi connectivity index (χ3v) is 5.55. The van der Waals surface area contributed by atoms with Crippen molar-refractivity contribution in [3.05, 3.63) is 12.5 Å². The van der Waals surface area contributed by atoms with E-state index in [0.717, 1.165) is 3.95 Å². The monoisotopic (exact) mass is 272 g/mol. The van der Waals surface area contributed by atoms with Gasteiger partial charge in [-0.05, 0) is 0 Å². The molecule has 0 fully saturated rings. The summed E-state index contributed by atoms with van der Waals surface area (Å²) in [7, 11) is 0. The van der Waals surface area contributed by atoms with Crippen LogP contribution in [0, 0.1) is 13.8 Å². The molecule has 0 aliphatic heterocycles. The summed E-state index contributed by atoms with van der Waals surface area (Å²) in [6.45, 7) is 2.09. The van der Waals surface area contributed by atoms with E-state index in [4.69, 9.17) is 12.2 Å². The molecule has 0 bridgehead atoms. The van der Waals surface area contributed by atoms with Gasteiger partial charge >= 0.3 is 74.1 Å². The van der Waals surface area contributed by atoms with E-state index in [1.165, 1.54) is 8.58 Å². The van der Waals surface area contributed by atoms with Crippen molar-refractivity contribution in [2.24, 2.45) is 0 Å². The van der Waals surface area contributed by atoms with Crippen molar-refractivity contribution in [1.82, 2.24) is 4.98 Å². The Labute approximate surface area is 73.8 Å². The Kier molecular flexibility index (Phi) is 2.66. The van der Waals surface area contributed by atoms with Crippen LogP contribution in [0.5, 0.6) is 0 Å². The van der Waals surface area contributed by atoms with E-state index in [1.54, 1.807) is 11.3 Å². The number of aromatic nitrogens is 1. The van der Waals surface area contributed by atoms with Crippen molar-refractivity contribution in [1.29, 1.82) is 0 Å². The van der Waals surface area contributed by atoms with Gasteiger partial charge in [-0.15, -0.1) is 0 Å². The molecule has 0 unspecified atom stereocenters. The second-order valence-corrected chi connectivity index (χ2v) is 6.18. The van der Waals surface area contributed by atoms with Gasteiger partial charge in [0.2, 0.25) is 0 Å². The molecule has 4 heteroatoms. The molecule has 1 rings (SSSR count). The number of rotatable bonds is 1. The number of halogens is 1. The number of thiazole rings is 1. The van der Waals surface area contributed by atoms with E-state index in [0.29, 0.717) is 0 Å². The first-order valence-corrected chi connectivity index (χ1v) is 6.89. The van der Waals surface area contributed by atoms with Crippen molar-refractivity contribution < 1.29 is 21.2 Å². The number of nitrogens with one attached hydrogen (secondary N) is 1. The summed E-state index contributed by atoms with van der Waals surface area (Å²) in [5.41, 5.74) is 1.28. The third kappa shape index (κ3) is 1.75. The van der Waals surface area contributed by atoms with Crippen molar-refractivity contribution >= 4 is 23.6 Å². The van der Waals surface area contributed by atoms with Crippen LogP contribution < -0.4 is 21.2 Å². The molecular formula is C5H7INS2-. The van der Waals surface area contributed by atoms with Gasteiger partial charge in [-0.2, -0.15) is 0 Å². The summed E-state index contributed by atoms with van der Waals surface area (Å²) in [6.07, 6.45) is 0. The molecule has 0 aliphatic carbocycles. The van der Waals surface area contributed by atoms with E-state index in [-0.39, 0.29) is 21.2 Å². The standard InChI is InChI=1S/C5H7INS2/c1-3-4(6-2)9-5(8)7-3/h1-2H3,(H,7,8)/q-1. The number of aromatic amines is 1. The molecule has 0 spiro atoms. The maximum atomic E-state index is 4.97. The fraction of sp³-hybridized carbons (Fsp3) is 0.400. The van der Waals surface area contributed by atoms with Gasteiger partial charge in [0.25, 0.3) is 0 Å². The Morgan fingerprint density at radius 1 is 1.67 bits per heavy atom. The van der Waals surface area contributed by atoms with Crippen LogP contribution in [0.1, 0.15) is 5.69 Å². The molecule has 0 amide bonds. The van der Waals surface area contributed by atoms with E-state index < -0.39 is 0 Å². The summed E-state index contributed by atoms with van der Waals surface area (Å²) >= 11 is 6.92. The average Bonchev–Trinajstić information content (AvgIpc) is 2.10. The molecular weight excluding hydrogens is 265 g/mol. The normalized spacial score (nSPS) is 10.4. The second-order valence-electron chi connectivity index (χ2n) is 1.60. The number of hydrogen-bond acceptors (Lipinski definition) is 2. The second kappa shape index (κ2) is 3.12. The molecule has 52 valence electrons. The molecule has 1 aromatic heterocycles. The minimum absolute atomic E-state index is 0.229. The first-order valence-electron chi connectivity index (χ1n) is 2.43. The first-order chi connectivity index (χ1) is 4.24. The van der Waals surface area contributed by atoms with Crippen LogP contribution >= 0.6 is 23.6 Å². The quantitative estimate of drug-likeness (QED) is 0.394. The van der Waals surface area contributed by atoms with Gasteiger partial charge < -0.3 is 0 Å². The zero-order valence-corrected chi connectivity index (χ0v) is 8.98. The number of H-pyrrole nitrogens is 1. The average molecular weight is 272 g/mol. The summed E-state index contributed by atoms with van der Waals surface area (Å²) in [5.74, 6) is 0. The van der Waals surface area contributed by atoms with Crippen LogP contribution in [0.15, 0.2) is 0 Å². The van der Waals surface area contributed by atoms with Crippen molar-refractivity contribution in [2.45, 2.75) is 6.92 Å². The number of alkyl halides is 1. The van der Waals surface area contributed by atoms with E-state index in [9.17, 15) is 0 Å². The Morgan fingerprint density at radius 3 is 2.56 bits per heavy atom. The Hall–Kier alpha value is 0.580. The molecule has 1 heterocycles. The van der Waals surface area contributed by atoms with Gasteiger partial charge in [-0.1, -0.05) is 0 Å². The van der Waals surface area contributed by atoms with Crippen molar-refractivity contribution in [3.8, 4) is 0 Å². The predicted octanol–water partition coefficient (Wildman–Crippen LogP) is -0.997. The van der Waals surface area contributed by atoms with E-state index >= 15 is 0 Å². The van der Waals surface area contributed by atoms with Gasteiger partial charge in [0.15, 0.2) is 0 Å². The Balaban J connectivity index is 3.16. The molecule has 0 radical (unpaired) electrons. The molecule has 0 aromatic carbocycles. The SMILES string of the molecule is C[I-]c1sc(=S)[nH]c1C. The van der Waals surface area contributed by atoms with E-state index in [1.807, 2.05) is 0 Å². The van der Waals surface area contributed by atoms with Gasteiger partial charge in [-0.3, -0.25) is 0 Å². The van der Waals surface area contributed by atoms with Crippen molar-refractivity contribution in [3.63, 3.8) is 0 Å². The minimum atomic E-state index is 0.229. The zero-order chi connectivity index (χ0) is 6.85. The number of aryl methyl sites for hydroxylation is 1. The summed E-state index contributed by atoms with van der Waals surface area (Å²) in [5, 5.41) is 0. The van der Waals surface area contributed by atoms with Crippen LogP contribution in [-0.2, 0) is 0 Å². The number of hydrogen-bond donors (Lipinski definition) is 1. The topological polar surface area (TPSA) is 15.8 Å². The molecule has 9 heavy (non-hydrogen) atoms. The summed E-state index contributed by atoms with van der Waals surface area (Å²) in [4.78, 5) is 5.37. The van der Waals surface area contributed by atoms with Crippen LogP contribution in [-0.4, -0.2) is 9.91 Å². The Morgan fingerprint density at radius 2 is 2.33 bits per heavy atom. The van der Waals surface area contributed by atoms with Crippen LogP contribution in [0.25, 0.3) is 0 Å². The zero-order valence-electron chi connectivity index (χ0n) is 5.19. The molecule has 0 aliphatic rings. The van der Waals surface area contributed by atoms with Gasteiger partial charge in [0.1, 0.15) is 0 Å². The first kappa shape index (κ1) is 7.68. The maximum absolute atomic E-state index is 4.97. The predicted molar refractivity (Wildman–Crippen MR) is 38.9 cm³/mol. The molecule has 1 N–H and O–H groups in total. The van der Waals surface area contributed by atoms with Crippen molar-refractivity contribution in [2.75, 3.05) is 4.93 Å². The van der Waals surface area contributed by atoms with Gasteiger partial charge in [0, 0.05) is 0 Å².